The van der Waals surface area contributed by atoms with E-state index in [1.807, 2.05) is 0 Å². The van der Waals surface area contributed by atoms with Gasteiger partial charge in [0.2, 0.25) is 23.6 Å². The van der Waals surface area contributed by atoms with Crippen molar-refractivity contribution in [2.75, 3.05) is 0 Å². The second-order valence-electron chi connectivity index (χ2n) is 3.15. The summed E-state index contributed by atoms with van der Waals surface area (Å²) in [4.78, 5) is 48.2. The average Bonchev–Trinajstić information content (AvgIpc) is 2.23. The van der Waals surface area contributed by atoms with Crippen molar-refractivity contribution in [3.63, 3.8) is 0 Å². The molecule has 0 aromatic heterocycles. The van der Waals surface area contributed by atoms with Crippen LogP contribution >= 0.6 is 0 Å². The molecule has 4 amide bonds. The van der Waals surface area contributed by atoms with E-state index in [4.69, 9.17) is 37.9 Å². The highest BCUT2D eigenvalue weighted by Gasteiger charge is 1.97. The smallest absolute Gasteiger partial charge is 0.450 e. The fourth-order valence-corrected chi connectivity index (χ4v) is 0.493. The van der Waals surface area contributed by atoms with E-state index in [1.165, 1.54) is 0 Å². The van der Waals surface area contributed by atoms with E-state index in [9.17, 15) is 19.2 Å². The molecular formula is C9H18N4O7. The summed E-state index contributed by atoms with van der Waals surface area (Å²) < 4.78 is 0. The Labute approximate surface area is 113 Å². The summed E-state index contributed by atoms with van der Waals surface area (Å²) in [7, 11) is 0. The van der Waals surface area contributed by atoms with E-state index in [0.29, 0.717) is 0 Å². The number of carbonyl (C=O) groups excluding carboxylic acids is 4. The molecule has 0 aromatic rings. The van der Waals surface area contributed by atoms with Crippen LogP contribution in [0.2, 0.25) is 0 Å². The summed E-state index contributed by atoms with van der Waals surface area (Å²) >= 11 is 0. The van der Waals surface area contributed by atoms with E-state index in [2.05, 4.69) is 0 Å². The summed E-state index contributed by atoms with van der Waals surface area (Å²) in [5.74, 6) is -1.99. The van der Waals surface area contributed by atoms with Crippen LogP contribution in [-0.2, 0) is 19.2 Å². The van der Waals surface area contributed by atoms with Gasteiger partial charge >= 0.3 is 6.16 Å². The molecule has 0 aromatic carbocycles. The van der Waals surface area contributed by atoms with Gasteiger partial charge in [0.05, 0.1) is 0 Å². The van der Waals surface area contributed by atoms with Crippen LogP contribution < -0.4 is 22.9 Å². The monoisotopic (exact) mass is 294 g/mol. The summed E-state index contributed by atoms with van der Waals surface area (Å²) in [6.45, 7) is 0. The molecule has 0 rings (SSSR count). The maximum absolute atomic E-state index is 9.92. The summed E-state index contributed by atoms with van der Waals surface area (Å²) in [5.41, 5.74) is 18.8. The normalized spacial score (nSPS) is 8.00. The van der Waals surface area contributed by atoms with Crippen LogP contribution in [0.15, 0.2) is 0 Å². The van der Waals surface area contributed by atoms with E-state index in [-0.39, 0.29) is 25.7 Å². The molecule has 0 bridgehead atoms. The molecule has 0 aliphatic carbocycles. The molecule has 10 N–H and O–H groups in total. The van der Waals surface area contributed by atoms with Gasteiger partial charge in [-0.1, -0.05) is 0 Å². The number of amides is 4. The molecule has 0 unspecified atom stereocenters. The molecule has 0 aliphatic rings. The van der Waals surface area contributed by atoms with Crippen molar-refractivity contribution in [3.8, 4) is 0 Å². The molecule has 11 nitrogen and oxygen atoms in total. The molecular weight excluding hydrogens is 276 g/mol. The van der Waals surface area contributed by atoms with Gasteiger partial charge in [0.1, 0.15) is 0 Å². The third-order valence-electron chi connectivity index (χ3n) is 1.24. The fourth-order valence-electron chi connectivity index (χ4n) is 0.493. The number of nitrogens with two attached hydrogens (primary N) is 4. The van der Waals surface area contributed by atoms with Crippen molar-refractivity contribution in [2.24, 2.45) is 22.9 Å². The lowest BCUT2D eigenvalue weighted by Gasteiger charge is -1.87. The minimum absolute atomic E-state index is 0.0509. The van der Waals surface area contributed by atoms with Crippen molar-refractivity contribution < 1.29 is 34.2 Å². The zero-order chi connectivity index (χ0) is 16.7. The highest BCUT2D eigenvalue weighted by Crippen LogP contribution is 1.83. The minimum atomic E-state index is -1.83. The van der Waals surface area contributed by atoms with Gasteiger partial charge in [0.15, 0.2) is 0 Å². The Balaban J connectivity index is -0.000000230. The number of carboxylic acid groups (broad SMARTS) is 2. The van der Waals surface area contributed by atoms with Crippen LogP contribution in [0.1, 0.15) is 25.7 Å². The van der Waals surface area contributed by atoms with Crippen LogP contribution in [0, 0.1) is 0 Å². The third-order valence-corrected chi connectivity index (χ3v) is 1.24. The largest absolute Gasteiger partial charge is 0.503 e. The van der Waals surface area contributed by atoms with Crippen LogP contribution in [0.5, 0.6) is 0 Å². The van der Waals surface area contributed by atoms with Gasteiger partial charge in [0, 0.05) is 25.7 Å². The van der Waals surface area contributed by atoms with Gasteiger partial charge in [-0.2, -0.15) is 0 Å². The minimum Gasteiger partial charge on any atom is -0.450 e. The Kier molecular flexibility index (Phi) is 15.9. The number of carbonyl (C=O) groups is 5. The predicted octanol–water partition coefficient (Wildman–Crippen LogP) is -2.30. The van der Waals surface area contributed by atoms with Crippen molar-refractivity contribution >= 4 is 29.8 Å². The van der Waals surface area contributed by atoms with Gasteiger partial charge in [-0.05, 0) is 0 Å². The molecule has 0 fully saturated rings. The van der Waals surface area contributed by atoms with E-state index < -0.39 is 29.8 Å². The number of hydrogen-bond donors (Lipinski definition) is 6. The van der Waals surface area contributed by atoms with Crippen LogP contribution in [0.25, 0.3) is 0 Å². The van der Waals surface area contributed by atoms with Crippen LogP contribution in [-0.4, -0.2) is 40.0 Å². The lowest BCUT2D eigenvalue weighted by Crippen LogP contribution is -2.16. The quantitative estimate of drug-likeness (QED) is 0.313. The van der Waals surface area contributed by atoms with Gasteiger partial charge in [0.25, 0.3) is 0 Å². The first-order chi connectivity index (χ1) is 8.98. The van der Waals surface area contributed by atoms with Gasteiger partial charge < -0.3 is 33.1 Å². The molecule has 0 atom stereocenters. The highest BCUT2D eigenvalue weighted by molar-refractivity contribution is 5.82. The van der Waals surface area contributed by atoms with E-state index >= 15 is 0 Å². The topological polar surface area (TPSA) is 230 Å². The number of primary amides is 4. The third kappa shape index (κ3) is 59.3. The second kappa shape index (κ2) is 14.2. The highest BCUT2D eigenvalue weighted by atomic mass is 16.6. The maximum atomic E-state index is 9.92. The standard InChI is InChI=1S/2C4H8N2O2.CH2O3/c2*5-3(7)1-2-4(6)8;2-1(3)4/h2*1-2H2,(H2,5,7)(H2,6,8);(H2,2,3,4). The Morgan fingerprint density at radius 3 is 0.700 bits per heavy atom. The fraction of sp³-hybridized carbons (Fsp3) is 0.444. The zero-order valence-corrected chi connectivity index (χ0v) is 10.6. The van der Waals surface area contributed by atoms with E-state index in [0.717, 1.165) is 0 Å². The number of hydrogen-bond acceptors (Lipinski definition) is 5. The predicted molar refractivity (Wildman–Crippen MR) is 65.9 cm³/mol. The Morgan fingerprint density at radius 2 is 0.650 bits per heavy atom. The Morgan fingerprint density at radius 1 is 0.550 bits per heavy atom. The van der Waals surface area contributed by atoms with Crippen LogP contribution in [0.3, 0.4) is 0 Å². The van der Waals surface area contributed by atoms with Gasteiger partial charge in [-0.25, -0.2) is 4.79 Å². The molecule has 0 saturated carbocycles. The summed E-state index contributed by atoms with van der Waals surface area (Å²) in [6, 6.07) is 0. The zero-order valence-electron chi connectivity index (χ0n) is 10.6. The lowest BCUT2D eigenvalue weighted by atomic mass is 10.3. The van der Waals surface area contributed by atoms with Crippen molar-refractivity contribution in [1.29, 1.82) is 0 Å². The van der Waals surface area contributed by atoms with Crippen LogP contribution in [0.4, 0.5) is 4.79 Å². The van der Waals surface area contributed by atoms with Gasteiger partial charge in [-0.15, -0.1) is 0 Å². The Bertz CT molecular complexity index is 296. The molecule has 0 saturated heterocycles. The van der Waals surface area contributed by atoms with Gasteiger partial charge in [-0.3, -0.25) is 19.2 Å². The van der Waals surface area contributed by atoms with Crippen molar-refractivity contribution in [2.45, 2.75) is 25.7 Å². The second-order valence-corrected chi connectivity index (χ2v) is 3.15. The summed E-state index contributed by atoms with van der Waals surface area (Å²) in [5, 5.41) is 13.9. The molecule has 0 aliphatic heterocycles. The first-order valence-corrected chi connectivity index (χ1v) is 5.04. The molecule has 20 heavy (non-hydrogen) atoms. The first kappa shape index (κ1) is 22.3. The van der Waals surface area contributed by atoms with Crippen molar-refractivity contribution in [3.05, 3.63) is 0 Å². The summed E-state index contributed by atoms with van der Waals surface area (Å²) in [6.07, 6.45) is -1.63. The lowest BCUT2D eigenvalue weighted by molar-refractivity contribution is -0.123. The molecule has 0 spiro atoms. The molecule has 0 heterocycles. The van der Waals surface area contributed by atoms with E-state index in [1.54, 1.807) is 0 Å². The average molecular weight is 294 g/mol. The van der Waals surface area contributed by atoms with Crippen molar-refractivity contribution in [1.82, 2.24) is 0 Å². The molecule has 11 heteroatoms. The number of rotatable bonds is 6. The Hall–Kier alpha value is -2.85. The SMILES string of the molecule is NC(=O)CCC(N)=O.NC(=O)CCC(N)=O.O=C(O)O. The first-order valence-electron chi connectivity index (χ1n) is 5.04. The molecule has 0 radical (unpaired) electrons. The molecule has 116 valence electrons. The maximum Gasteiger partial charge on any atom is 0.503 e.